The Hall–Kier alpha value is -0.960. The van der Waals surface area contributed by atoms with Gasteiger partial charge in [-0.25, -0.2) is 8.78 Å². The minimum absolute atomic E-state index is 0.0517. The standard InChI is InChI=1S/C18H25F2N/c19-16-7-3-6-15(18(16)20)11-17(21)14-9-8-12-4-1-2-5-13(12)10-14/h3,6-7,12-14,17H,1-2,4-5,8-11,21H2. The van der Waals surface area contributed by atoms with Crippen LogP contribution in [0.5, 0.6) is 0 Å². The van der Waals surface area contributed by atoms with Crippen LogP contribution < -0.4 is 5.73 Å². The van der Waals surface area contributed by atoms with E-state index in [4.69, 9.17) is 5.73 Å². The first-order chi connectivity index (χ1) is 10.1. The fourth-order valence-electron chi connectivity index (χ4n) is 4.43. The second-order valence-corrected chi connectivity index (χ2v) is 6.96. The topological polar surface area (TPSA) is 26.0 Å². The molecule has 1 aromatic carbocycles. The molecule has 2 aliphatic carbocycles. The molecule has 0 saturated heterocycles. The fourth-order valence-corrected chi connectivity index (χ4v) is 4.43. The lowest BCUT2D eigenvalue weighted by Gasteiger charge is -2.41. The zero-order valence-electron chi connectivity index (χ0n) is 12.5. The van der Waals surface area contributed by atoms with Crippen LogP contribution in [0.25, 0.3) is 0 Å². The van der Waals surface area contributed by atoms with Crippen LogP contribution >= 0.6 is 0 Å². The lowest BCUT2D eigenvalue weighted by molar-refractivity contribution is 0.117. The van der Waals surface area contributed by atoms with Gasteiger partial charge in [0.25, 0.3) is 0 Å². The number of nitrogens with two attached hydrogens (primary N) is 1. The summed E-state index contributed by atoms with van der Waals surface area (Å²) in [7, 11) is 0. The molecule has 2 aliphatic rings. The van der Waals surface area contributed by atoms with E-state index in [0.717, 1.165) is 24.3 Å². The van der Waals surface area contributed by atoms with Crippen LogP contribution in [0.4, 0.5) is 8.78 Å². The highest BCUT2D eigenvalue weighted by atomic mass is 19.2. The molecule has 3 rings (SSSR count). The van der Waals surface area contributed by atoms with E-state index in [9.17, 15) is 8.78 Å². The van der Waals surface area contributed by atoms with Crippen LogP contribution in [-0.4, -0.2) is 6.04 Å². The number of halogens is 2. The SMILES string of the molecule is NC(Cc1cccc(F)c1F)C1CCC2CCCCC2C1. The molecule has 1 nitrogen and oxygen atoms in total. The number of rotatable bonds is 3. The maximum absolute atomic E-state index is 13.8. The molecule has 2 N–H and O–H groups in total. The molecular weight excluding hydrogens is 268 g/mol. The van der Waals surface area contributed by atoms with Crippen LogP contribution in [0, 0.1) is 29.4 Å². The summed E-state index contributed by atoms with van der Waals surface area (Å²) in [6.45, 7) is 0. The Morgan fingerprint density at radius 2 is 1.81 bits per heavy atom. The summed E-state index contributed by atoms with van der Waals surface area (Å²) in [5.41, 5.74) is 6.76. The van der Waals surface area contributed by atoms with Gasteiger partial charge < -0.3 is 5.73 Å². The molecule has 3 heteroatoms. The van der Waals surface area contributed by atoms with E-state index < -0.39 is 11.6 Å². The first-order valence-electron chi connectivity index (χ1n) is 8.33. The van der Waals surface area contributed by atoms with E-state index in [1.165, 1.54) is 38.5 Å². The molecule has 4 unspecified atom stereocenters. The van der Waals surface area contributed by atoms with E-state index in [1.807, 2.05) is 0 Å². The van der Waals surface area contributed by atoms with Crippen molar-refractivity contribution in [2.75, 3.05) is 0 Å². The van der Waals surface area contributed by atoms with Gasteiger partial charge in [-0.05, 0) is 55.1 Å². The van der Waals surface area contributed by atoms with Gasteiger partial charge in [-0.15, -0.1) is 0 Å². The first-order valence-corrected chi connectivity index (χ1v) is 8.33. The Bertz CT molecular complexity index is 488. The Balaban J connectivity index is 1.63. The third-order valence-corrected chi connectivity index (χ3v) is 5.67. The average molecular weight is 293 g/mol. The van der Waals surface area contributed by atoms with Gasteiger partial charge in [-0.1, -0.05) is 37.8 Å². The van der Waals surface area contributed by atoms with Crippen LogP contribution in [0.2, 0.25) is 0 Å². The number of fused-ring (bicyclic) bond motifs is 1. The molecule has 21 heavy (non-hydrogen) atoms. The summed E-state index contributed by atoms with van der Waals surface area (Å²) in [4.78, 5) is 0. The zero-order valence-corrected chi connectivity index (χ0v) is 12.5. The average Bonchev–Trinajstić information content (AvgIpc) is 2.51. The Morgan fingerprint density at radius 1 is 1.05 bits per heavy atom. The molecule has 0 amide bonds. The van der Waals surface area contributed by atoms with Gasteiger partial charge in [0.05, 0.1) is 0 Å². The van der Waals surface area contributed by atoms with Gasteiger partial charge in [0, 0.05) is 6.04 Å². The van der Waals surface area contributed by atoms with Crippen molar-refractivity contribution in [3.8, 4) is 0 Å². The molecule has 0 spiro atoms. The molecular formula is C18H25F2N. The van der Waals surface area contributed by atoms with Crippen molar-refractivity contribution in [2.24, 2.45) is 23.5 Å². The minimum atomic E-state index is -0.768. The molecule has 0 aromatic heterocycles. The molecule has 0 heterocycles. The van der Waals surface area contributed by atoms with Crippen molar-refractivity contribution < 1.29 is 8.78 Å². The van der Waals surface area contributed by atoms with Crippen molar-refractivity contribution in [1.82, 2.24) is 0 Å². The molecule has 0 aliphatic heterocycles. The normalized spacial score (nSPS) is 30.7. The molecule has 4 atom stereocenters. The highest BCUT2D eigenvalue weighted by molar-refractivity contribution is 5.20. The van der Waals surface area contributed by atoms with Gasteiger partial charge in [0.15, 0.2) is 11.6 Å². The summed E-state index contributed by atoms with van der Waals surface area (Å²) < 4.78 is 27.0. The largest absolute Gasteiger partial charge is 0.327 e. The van der Waals surface area contributed by atoms with Crippen LogP contribution in [0.15, 0.2) is 18.2 Å². The molecule has 1 aromatic rings. The van der Waals surface area contributed by atoms with E-state index in [-0.39, 0.29) is 6.04 Å². The predicted octanol–water partition coefficient (Wildman–Crippen LogP) is 4.44. The van der Waals surface area contributed by atoms with Crippen molar-refractivity contribution in [3.05, 3.63) is 35.4 Å². The summed E-state index contributed by atoms with van der Waals surface area (Å²) >= 11 is 0. The van der Waals surface area contributed by atoms with Gasteiger partial charge in [0.2, 0.25) is 0 Å². The first kappa shape index (κ1) is 15.0. The molecule has 0 bridgehead atoms. The van der Waals surface area contributed by atoms with E-state index in [0.29, 0.717) is 17.9 Å². The summed E-state index contributed by atoms with van der Waals surface area (Å²) in [5, 5.41) is 0. The molecule has 0 radical (unpaired) electrons. The van der Waals surface area contributed by atoms with Gasteiger partial charge in [0.1, 0.15) is 0 Å². The van der Waals surface area contributed by atoms with Crippen molar-refractivity contribution in [1.29, 1.82) is 0 Å². The van der Waals surface area contributed by atoms with Crippen LogP contribution in [0.1, 0.15) is 50.5 Å². The smallest absolute Gasteiger partial charge is 0.162 e. The number of hydrogen-bond donors (Lipinski definition) is 1. The van der Waals surface area contributed by atoms with Gasteiger partial charge in [-0.3, -0.25) is 0 Å². The molecule has 2 fully saturated rings. The summed E-state index contributed by atoms with van der Waals surface area (Å²) in [5.74, 6) is 0.691. The van der Waals surface area contributed by atoms with E-state index in [2.05, 4.69) is 0 Å². The Labute approximate surface area is 125 Å². The van der Waals surface area contributed by atoms with Crippen molar-refractivity contribution >= 4 is 0 Å². The Kier molecular flexibility index (Phi) is 4.58. The van der Waals surface area contributed by atoms with Gasteiger partial charge in [-0.2, -0.15) is 0 Å². The Morgan fingerprint density at radius 3 is 2.62 bits per heavy atom. The fraction of sp³-hybridized carbons (Fsp3) is 0.667. The second kappa shape index (κ2) is 6.43. The van der Waals surface area contributed by atoms with Crippen molar-refractivity contribution in [2.45, 2.75) is 57.4 Å². The summed E-state index contributed by atoms with van der Waals surface area (Å²) in [6.07, 6.45) is 9.50. The predicted molar refractivity (Wildman–Crippen MR) is 80.8 cm³/mol. The lowest BCUT2D eigenvalue weighted by atomic mass is 9.66. The summed E-state index contributed by atoms with van der Waals surface area (Å²) in [6, 6.07) is 4.34. The zero-order chi connectivity index (χ0) is 14.8. The second-order valence-electron chi connectivity index (χ2n) is 6.96. The maximum atomic E-state index is 13.8. The van der Waals surface area contributed by atoms with Crippen LogP contribution in [0.3, 0.4) is 0 Å². The minimum Gasteiger partial charge on any atom is -0.327 e. The number of hydrogen-bond acceptors (Lipinski definition) is 1. The van der Waals surface area contributed by atoms with Crippen molar-refractivity contribution in [3.63, 3.8) is 0 Å². The van der Waals surface area contributed by atoms with Crippen LogP contribution in [-0.2, 0) is 6.42 Å². The monoisotopic (exact) mass is 293 g/mol. The highest BCUT2D eigenvalue weighted by Gasteiger charge is 2.34. The number of benzene rings is 1. The quantitative estimate of drug-likeness (QED) is 0.876. The third-order valence-electron chi connectivity index (χ3n) is 5.67. The van der Waals surface area contributed by atoms with E-state index >= 15 is 0 Å². The maximum Gasteiger partial charge on any atom is 0.162 e. The highest BCUT2D eigenvalue weighted by Crippen LogP contribution is 2.43. The molecule has 116 valence electrons. The lowest BCUT2D eigenvalue weighted by Crippen LogP contribution is -2.39. The third kappa shape index (κ3) is 3.28. The van der Waals surface area contributed by atoms with Gasteiger partial charge >= 0.3 is 0 Å². The molecule has 2 saturated carbocycles. The van der Waals surface area contributed by atoms with E-state index in [1.54, 1.807) is 12.1 Å².